The molecular weight excluding hydrogens is 242 g/mol. The third kappa shape index (κ3) is 2.18. The Hall–Kier alpha value is -1.98. The van der Waals surface area contributed by atoms with Crippen molar-refractivity contribution in [2.24, 2.45) is 0 Å². The van der Waals surface area contributed by atoms with E-state index in [9.17, 15) is 18.8 Å². The van der Waals surface area contributed by atoms with Crippen molar-refractivity contribution in [3.8, 4) is 0 Å². The Bertz CT molecular complexity index is 529. The summed E-state index contributed by atoms with van der Waals surface area (Å²) in [6, 6.07) is 2.62. The highest BCUT2D eigenvalue weighted by molar-refractivity contribution is 5.96. The van der Waals surface area contributed by atoms with Crippen LogP contribution < -0.4 is 5.32 Å². The number of nitrogens with one attached hydrogen (secondary N) is 1. The van der Waals surface area contributed by atoms with Crippen LogP contribution in [0.15, 0.2) is 18.2 Å². The maximum Gasteiger partial charge on any atom is 0.294 e. The van der Waals surface area contributed by atoms with Gasteiger partial charge in [-0.15, -0.1) is 0 Å². The van der Waals surface area contributed by atoms with Crippen LogP contribution in [-0.2, 0) is 4.79 Å². The van der Waals surface area contributed by atoms with Gasteiger partial charge in [-0.25, -0.2) is 13.5 Å². The molecule has 1 aliphatic rings. The van der Waals surface area contributed by atoms with E-state index < -0.39 is 23.6 Å². The number of carbonyl (C=O) groups is 1. The third-order valence-corrected chi connectivity index (χ3v) is 2.95. The molecule has 1 amide bonds. The first kappa shape index (κ1) is 12.5. The van der Waals surface area contributed by atoms with Gasteiger partial charge in [0.2, 0.25) is 6.04 Å². The summed E-state index contributed by atoms with van der Waals surface area (Å²) < 4.78 is 26.9. The van der Waals surface area contributed by atoms with Crippen molar-refractivity contribution in [1.82, 2.24) is 0 Å². The molecule has 1 aromatic carbocycles. The van der Waals surface area contributed by atoms with Crippen molar-refractivity contribution < 1.29 is 18.3 Å². The molecule has 6 heteroatoms. The van der Waals surface area contributed by atoms with Gasteiger partial charge in [-0.2, -0.15) is 0 Å². The van der Waals surface area contributed by atoms with E-state index in [1.807, 2.05) is 0 Å². The average molecular weight is 254 g/mol. The van der Waals surface area contributed by atoms with E-state index in [-0.39, 0.29) is 5.69 Å². The molecule has 18 heavy (non-hydrogen) atoms. The molecule has 0 aromatic heterocycles. The van der Waals surface area contributed by atoms with Crippen LogP contribution in [0.4, 0.5) is 14.5 Å². The number of anilines is 1. The molecule has 0 saturated heterocycles. The lowest BCUT2D eigenvalue weighted by Crippen LogP contribution is -2.33. The second kappa shape index (κ2) is 4.72. The first-order valence-corrected chi connectivity index (χ1v) is 5.54. The number of hydroxylamine groups is 1. The average Bonchev–Trinajstić information content (AvgIpc) is 2.66. The molecular formula is C12H12F2N2O2. The second-order valence-corrected chi connectivity index (χ2v) is 4.21. The molecule has 1 unspecified atom stereocenters. The molecule has 1 atom stereocenters. The Morgan fingerprint density at radius 1 is 1.50 bits per heavy atom. The maximum absolute atomic E-state index is 13.3. The Labute approximate surface area is 103 Å². The molecule has 96 valence electrons. The predicted molar refractivity (Wildman–Crippen MR) is 62.3 cm³/mol. The van der Waals surface area contributed by atoms with Gasteiger partial charge in [-0.05, 0) is 12.1 Å². The van der Waals surface area contributed by atoms with Crippen LogP contribution in [0.3, 0.4) is 0 Å². The molecule has 0 aliphatic carbocycles. The first-order valence-electron chi connectivity index (χ1n) is 5.54. The standard InChI is InChI=1S/C12H12F2N2O2/c1-7-5-6-10(16(7)18)12(17)15-9-4-2-3-8(13)11(9)14/h2-4,10H,5-6H2,1H3,(H,15,17). The van der Waals surface area contributed by atoms with Gasteiger partial charge in [0.1, 0.15) is 0 Å². The van der Waals surface area contributed by atoms with Crippen LogP contribution in [0.25, 0.3) is 0 Å². The third-order valence-electron chi connectivity index (χ3n) is 2.95. The summed E-state index contributed by atoms with van der Waals surface area (Å²) in [5.41, 5.74) is 0.313. The van der Waals surface area contributed by atoms with Crippen molar-refractivity contribution in [3.05, 3.63) is 35.0 Å². The van der Waals surface area contributed by atoms with E-state index in [0.717, 1.165) is 6.07 Å². The lowest BCUT2D eigenvalue weighted by atomic mass is 10.2. The van der Waals surface area contributed by atoms with Crippen LogP contribution in [-0.4, -0.2) is 22.4 Å². The summed E-state index contributed by atoms with van der Waals surface area (Å²) in [7, 11) is 0. The Morgan fingerprint density at radius 3 is 2.83 bits per heavy atom. The SMILES string of the molecule is CC1=[N+]([O-])C(C(=O)Nc2cccc(F)c2F)CC1. The fraction of sp³-hybridized carbons (Fsp3) is 0.333. The van der Waals surface area contributed by atoms with Gasteiger partial charge in [-0.1, -0.05) is 6.07 Å². The van der Waals surface area contributed by atoms with E-state index in [1.54, 1.807) is 6.92 Å². The van der Waals surface area contributed by atoms with Crippen LogP contribution >= 0.6 is 0 Å². The molecule has 4 nitrogen and oxygen atoms in total. The van der Waals surface area contributed by atoms with Gasteiger partial charge in [0, 0.05) is 19.8 Å². The molecule has 1 N–H and O–H groups in total. The maximum atomic E-state index is 13.3. The van der Waals surface area contributed by atoms with Gasteiger partial charge in [0.15, 0.2) is 17.3 Å². The first-order chi connectivity index (χ1) is 8.50. The highest BCUT2D eigenvalue weighted by atomic mass is 19.2. The number of halogens is 2. The summed E-state index contributed by atoms with van der Waals surface area (Å²) in [6.07, 6.45) is 0.922. The molecule has 1 aromatic rings. The summed E-state index contributed by atoms with van der Waals surface area (Å²) in [5.74, 6) is -2.78. The van der Waals surface area contributed by atoms with Gasteiger partial charge in [0.25, 0.3) is 5.91 Å². The molecule has 0 radical (unpaired) electrons. The fourth-order valence-electron chi connectivity index (χ4n) is 1.89. The number of hydrogen-bond acceptors (Lipinski definition) is 2. The van der Waals surface area contributed by atoms with Crippen molar-refractivity contribution in [3.63, 3.8) is 0 Å². The Kier molecular flexibility index (Phi) is 3.27. The van der Waals surface area contributed by atoms with Gasteiger partial charge >= 0.3 is 0 Å². The van der Waals surface area contributed by atoms with Crippen molar-refractivity contribution >= 4 is 17.3 Å². The summed E-state index contributed by atoms with van der Waals surface area (Å²) in [5, 5.41) is 13.8. The second-order valence-electron chi connectivity index (χ2n) is 4.21. The van der Waals surface area contributed by atoms with Crippen LogP contribution in [0.5, 0.6) is 0 Å². The Morgan fingerprint density at radius 2 is 2.22 bits per heavy atom. The molecule has 0 bridgehead atoms. The van der Waals surface area contributed by atoms with Crippen molar-refractivity contribution in [2.45, 2.75) is 25.8 Å². The van der Waals surface area contributed by atoms with E-state index in [2.05, 4.69) is 5.32 Å². The number of hydrogen-bond donors (Lipinski definition) is 1. The zero-order chi connectivity index (χ0) is 13.3. The fourth-order valence-corrected chi connectivity index (χ4v) is 1.89. The predicted octanol–water partition coefficient (Wildman–Crippen LogP) is 2.04. The quantitative estimate of drug-likeness (QED) is 0.648. The minimum atomic E-state index is -1.12. The number of rotatable bonds is 2. The number of amides is 1. The zero-order valence-corrected chi connectivity index (χ0v) is 9.74. The lowest BCUT2D eigenvalue weighted by Gasteiger charge is -2.12. The van der Waals surface area contributed by atoms with Crippen molar-refractivity contribution in [2.75, 3.05) is 5.32 Å². The number of benzene rings is 1. The minimum absolute atomic E-state index is 0.252. The lowest BCUT2D eigenvalue weighted by molar-refractivity contribution is -0.477. The van der Waals surface area contributed by atoms with E-state index in [1.165, 1.54) is 12.1 Å². The molecule has 1 aliphatic heterocycles. The largest absolute Gasteiger partial charge is 0.623 e. The van der Waals surface area contributed by atoms with Crippen LogP contribution in [0, 0.1) is 16.8 Å². The zero-order valence-electron chi connectivity index (χ0n) is 9.74. The molecule has 2 rings (SSSR count). The number of carbonyl (C=O) groups excluding carboxylic acids is 1. The van der Waals surface area contributed by atoms with Gasteiger partial charge in [-0.3, -0.25) is 4.79 Å². The van der Waals surface area contributed by atoms with E-state index in [0.29, 0.717) is 23.3 Å². The van der Waals surface area contributed by atoms with Crippen LogP contribution in [0.1, 0.15) is 19.8 Å². The van der Waals surface area contributed by atoms with E-state index >= 15 is 0 Å². The monoisotopic (exact) mass is 254 g/mol. The Balaban J connectivity index is 2.15. The van der Waals surface area contributed by atoms with Crippen molar-refractivity contribution in [1.29, 1.82) is 0 Å². The number of nitrogens with zero attached hydrogens (tertiary/aromatic N) is 1. The van der Waals surface area contributed by atoms with Gasteiger partial charge in [0.05, 0.1) is 5.69 Å². The highest BCUT2D eigenvalue weighted by Crippen LogP contribution is 2.19. The topological polar surface area (TPSA) is 55.2 Å². The highest BCUT2D eigenvalue weighted by Gasteiger charge is 2.33. The summed E-state index contributed by atoms with van der Waals surface area (Å²) in [6.45, 7) is 1.64. The minimum Gasteiger partial charge on any atom is -0.623 e. The molecule has 0 spiro atoms. The van der Waals surface area contributed by atoms with Crippen LogP contribution in [0.2, 0.25) is 0 Å². The summed E-state index contributed by atoms with van der Waals surface area (Å²) in [4.78, 5) is 11.8. The summed E-state index contributed by atoms with van der Waals surface area (Å²) >= 11 is 0. The molecule has 1 heterocycles. The van der Waals surface area contributed by atoms with E-state index in [4.69, 9.17) is 0 Å². The molecule has 0 fully saturated rings. The molecule has 0 saturated carbocycles. The normalized spacial score (nSPS) is 19.2. The smallest absolute Gasteiger partial charge is 0.294 e. The van der Waals surface area contributed by atoms with Gasteiger partial charge < -0.3 is 10.5 Å².